The van der Waals surface area contributed by atoms with Crippen molar-refractivity contribution in [3.05, 3.63) is 65.7 Å². The summed E-state index contributed by atoms with van der Waals surface area (Å²) in [5, 5.41) is 6.82. The van der Waals surface area contributed by atoms with Crippen LogP contribution in [-0.4, -0.2) is 35.0 Å². The fraction of sp³-hybridized carbons (Fsp3) is 0.409. The van der Waals surface area contributed by atoms with Crippen LogP contribution >= 0.6 is 0 Å². The van der Waals surface area contributed by atoms with Gasteiger partial charge in [-0.25, -0.2) is 13.1 Å². The zero-order chi connectivity index (χ0) is 20.7. The average Bonchev–Trinajstić information content (AvgIpc) is 3.25. The molecule has 2 aromatic carbocycles. The maximum Gasteiger partial charge on any atom is 0.240 e. The Kier molecular flexibility index (Phi) is 6.92. The van der Waals surface area contributed by atoms with E-state index in [2.05, 4.69) is 50.7 Å². The van der Waals surface area contributed by atoms with Gasteiger partial charge in [-0.15, -0.1) is 0 Å². The fourth-order valence-electron chi connectivity index (χ4n) is 3.97. The molecule has 0 saturated heterocycles. The quantitative estimate of drug-likeness (QED) is 0.481. The Morgan fingerprint density at radius 3 is 2.24 bits per heavy atom. The van der Waals surface area contributed by atoms with Crippen molar-refractivity contribution < 1.29 is 8.42 Å². The van der Waals surface area contributed by atoms with Crippen LogP contribution in [0.1, 0.15) is 36.8 Å². The van der Waals surface area contributed by atoms with E-state index in [-0.39, 0.29) is 10.3 Å². The Hall–Kier alpha value is -2.38. The Morgan fingerprint density at radius 2 is 1.66 bits per heavy atom. The lowest BCUT2D eigenvalue weighted by Crippen LogP contribution is -2.44. The van der Waals surface area contributed by atoms with E-state index in [0.29, 0.717) is 6.54 Å². The molecular formula is C22H30N4O2S. The lowest BCUT2D eigenvalue weighted by atomic mass is 9.79. The molecule has 0 bridgehead atoms. The van der Waals surface area contributed by atoms with Crippen molar-refractivity contribution in [3.8, 4) is 0 Å². The smallest absolute Gasteiger partial charge is 0.240 e. The molecule has 0 unspecified atom stereocenters. The van der Waals surface area contributed by atoms with E-state index < -0.39 is 10.0 Å². The number of hydrogen-bond acceptors (Lipinski definition) is 3. The third-order valence-electron chi connectivity index (χ3n) is 5.73. The van der Waals surface area contributed by atoms with Crippen LogP contribution in [0, 0.1) is 0 Å². The van der Waals surface area contributed by atoms with Gasteiger partial charge in [0.25, 0.3) is 0 Å². The predicted molar refractivity (Wildman–Crippen MR) is 117 cm³/mol. The van der Waals surface area contributed by atoms with Gasteiger partial charge in [0.1, 0.15) is 0 Å². The standard InChI is InChI=1S/C22H30N4O2S/c1-23-21(25-16-18-10-12-20(13-11-18)29(27,28)24-2)26-17-22(14-6-7-15-22)19-8-4-3-5-9-19/h3-5,8-13,24H,6-7,14-17H2,1-2H3,(H2,23,25,26). The van der Waals surface area contributed by atoms with Crippen LogP contribution in [0.3, 0.4) is 0 Å². The highest BCUT2D eigenvalue weighted by atomic mass is 32.2. The lowest BCUT2D eigenvalue weighted by molar-refractivity contribution is 0.431. The van der Waals surface area contributed by atoms with Crippen LogP contribution in [0.2, 0.25) is 0 Å². The molecule has 1 aliphatic carbocycles. The minimum atomic E-state index is -3.41. The number of guanidine groups is 1. The van der Waals surface area contributed by atoms with Crippen LogP contribution < -0.4 is 15.4 Å². The van der Waals surface area contributed by atoms with E-state index >= 15 is 0 Å². The number of nitrogens with one attached hydrogen (secondary N) is 3. The number of hydrogen-bond donors (Lipinski definition) is 3. The largest absolute Gasteiger partial charge is 0.356 e. The van der Waals surface area contributed by atoms with E-state index in [4.69, 9.17) is 0 Å². The average molecular weight is 415 g/mol. The Labute approximate surface area is 173 Å². The molecule has 3 rings (SSSR count). The Morgan fingerprint density at radius 1 is 1.00 bits per heavy atom. The first-order chi connectivity index (χ1) is 14.0. The first-order valence-corrected chi connectivity index (χ1v) is 11.5. The van der Waals surface area contributed by atoms with Crippen LogP contribution in [0.15, 0.2) is 64.5 Å². The van der Waals surface area contributed by atoms with Crippen molar-refractivity contribution >= 4 is 16.0 Å². The van der Waals surface area contributed by atoms with E-state index in [1.165, 1.54) is 38.3 Å². The third kappa shape index (κ3) is 5.16. The highest BCUT2D eigenvalue weighted by Crippen LogP contribution is 2.40. The summed E-state index contributed by atoms with van der Waals surface area (Å²) in [6, 6.07) is 17.6. The van der Waals surface area contributed by atoms with Crippen molar-refractivity contribution in [1.82, 2.24) is 15.4 Å². The minimum absolute atomic E-state index is 0.155. The molecule has 1 saturated carbocycles. The molecule has 7 heteroatoms. The van der Waals surface area contributed by atoms with Gasteiger partial charge in [0.15, 0.2) is 5.96 Å². The molecule has 29 heavy (non-hydrogen) atoms. The summed E-state index contributed by atoms with van der Waals surface area (Å²) in [7, 11) is -0.233. The SMILES string of the molecule is CN=C(NCc1ccc(S(=O)(=O)NC)cc1)NCC1(c2ccccc2)CCCC1. The molecule has 2 aromatic rings. The van der Waals surface area contributed by atoms with Crippen LogP contribution in [0.5, 0.6) is 0 Å². The number of benzene rings is 2. The zero-order valence-electron chi connectivity index (χ0n) is 17.1. The third-order valence-corrected chi connectivity index (χ3v) is 7.16. The Bertz CT molecular complexity index is 919. The molecule has 0 atom stereocenters. The second-order valence-electron chi connectivity index (χ2n) is 7.48. The topological polar surface area (TPSA) is 82.6 Å². The highest BCUT2D eigenvalue weighted by Gasteiger charge is 2.35. The van der Waals surface area contributed by atoms with Gasteiger partial charge in [-0.05, 0) is 43.1 Å². The molecule has 6 nitrogen and oxygen atoms in total. The first-order valence-electron chi connectivity index (χ1n) is 10.0. The molecule has 0 aromatic heterocycles. The van der Waals surface area contributed by atoms with Crippen molar-refractivity contribution in [1.29, 1.82) is 0 Å². The second kappa shape index (κ2) is 9.41. The maximum atomic E-state index is 11.8. The zero-order valence-corrected chi connectivity index (χ0v) is 17.9. The summed E-state index contributed by atoms with van der Waals surface area (Å²) in [5.74, 6) is 0.749. The summed E-state index contributed by atoms with van der Waals surface area (Å²) < 4.78 is 26.0. The molecule has 3 N–H and O–H groups in total. The molecule has 1 aliphatic rings. The number of nitrogens with zero attached hydrogens (tertiary/aromatic N) is 1. The fourth-order valence-corrected chi connectivity index (χ4v) is 4.70. The van der Waals surface area contributed by atoms with Gasteiger partial charge in [-0.3, -0.25) is 4.99 Å². The minimum Gasteiger partial charge on any atom is -0.356 e. The van der Waals surface area contributed by atoms with E-state index in [0.717, 1.165) is 18.1 Å². The summed E-state index contributed by atoms with van der Waals surface area (Å²) in [4.78, 5) is 4.61. The lowest BCUT2D eigenvalue weighted by Gasteiger charge is -2.30. The number of rotatable bonds is 7. The summed E-state index contributed by atoms with van der Waals surface area (Å²) in [6.07, 6.45) is 4.87. The summed E-state index contributed by atoms with van der Waals surface area (Å²) in [6.45, 7) is 1.41. The Balaban J connectivity index is 1.60. The molecule has 156 valence electrons. The normalized spacial score (nSPS) is 16.6. The van der Waals surface area contributed by atoms with Gasteiger partial charge >= 0.3 is 0 Å². The van der Waals surface area contributed by atoms with Gasteiger partial charge in [-0.1, -0.05) is 55.3 Å². The molecule has 0 aliphatic heterocycles. The van der Waals surface area contributed by atoms with Gasteiger partial charge in [0, 0.05) is 25.6 Å². The van der Waals surface area contributed by atoms with Crippen LogP contribution in [0.25, 0.3) is 0 Å². The monoisotopic (exact) mass is 414 g/mol. The molecule has 0 heterocycles. The van der Waals surface area contributed by atoms with Gasteiger partial charge in [0.05, 0.1) is 4.90 Å². The van der Waals surface area contributed by atoms with Crippen LogP contribution in [-0.2, 0) is 22.0 Å². The van der Waals surface area contributed by atoms with Crippen molar-refractivity contribution in [2.24, 2.45) is 4.99 Å². The maximum absolute atomic E-state index is 11.8. The molecule has 0 spiro atoms. The predicted octanol–water partition coefficient (Wildman–Crippen LogP) is 2.77. The number of aliphatic imine (C=N–C) groups is 1. The van der Waals surface area contributed by atoms with E-state index in [1.807, 2.05) is 12.1 Å². The molecule has 1 fully saturated rings. The van der Waals surface area contributed by atoms with E-state index in [1.54, 1.807) is 19.2 Å². The second-order valence-corrected chi connectivity index (χ2v) is 9.37. The highest BCUT2D eigenvalue weighted by molar-refractivity contribution is 7.89. The molecule has 0 radical (unpaired) electrons. The van der Waals surface area contributed by atoms with Gasteiger partial charge < -0.3 is 10.6 Å². The van der Waals surface area contributed by atoms with Crippen LogP contribution in [0.4, 0.5) is 0 Å². The summed E-state index contributed by atoms with van der Waals surface area (Å²) >= 11 is 0. The number of sulfonamides is 1. The molecule has 0 amide bonds. The summed E-state index contributed by atoms with van der Waals surface area (Å²) in [5.41, 5.74) is 2.53. The van der Waals surface area contributed by atoms with Gasteiger partial charge in [0.2, 0.25) is 10.0 Å². The van der Waals surface area contributed by atoms with Crippen molar-refractivity contribution in [2.45, 2.75) is 42.5 Å². The molecular weight excluding hydrogens is 384 g/mol. The van der Waals surface area contributed by atoms with Crippen molar-refractivity contribution in [2.75, 3.05) is 20.6 Å². The van der Waals surface area contributed by atoms with E-state index in [9.17, 15) is 8.42 Å². The first kappa shape index (κ1) is 21.3. The van der Waals surface area contributed by atoms with Gasteiger partial charge in [-0.2, -0.15) is 0 Å². The van der Waals surface area contributed by atoms with Crippen molar-refractivity contribution in [3.63, 3.8) is 0 Å².